The molecule has 0 saturated carbocycles. The summed E-state index contributed by atoms with van der Waals surface area (Å²) in [5.41, 5.74) is 0. The predicted molar refractivity (Wildman–Crippen MR) is 53.7 cm³/mol. The van der Waals surface area contributed by atoms with E-state index >= 15 is 0 Å². The van der Waals surface area contributed by atoms with Crippen LogP contribution in [0.15, 0.2) is 0 Å². The Balaban J connectivity index is 2.00. The first-order valence-corrected chi connectivity index (χ1v) is 5.62. The van der Waals surface area contributed by atoms with Gasteiger partial charge in [-0.2, -0.15) is 0 Å². The molecule has 0 spiro atoms. The quantitative estimate of drug-likeness (QED) is 0.668. The molecule has 1 rings (SSSR count). The summed E-state index contributed by atoms with van der Waals surface area (Å²) in [4.78, 5) is 0. The molecule has 0 amide bonds. The number of ether oxygens (including phenoxy) is 1. The van der Waals surface area contributed by atoms with Gasteiger partial charge in [0.05, 0.1) is 12.2 Å². The van der Waals surface area contributed by atoms with Crippen molar-refractivity contribution < 1.29 is 9.84 Å². The standard InChI is InChI=1S/C11H22O2/c1-2-3-4-5-6-11-9-10(12)7-8-13-11/h10-12H,2-9H2,1H3. The van der Waals surface area contributed by atoms with Crippen LogP contribution in [-0.2, 0) is 4.74 Å². The molecule has 2 atom stereocenters. The topological polar surface area (TPSA) is 29.5 Å². The number of aliphatic hydroxyl groups excluding tert-OH is 1. The van der Waals surface area contributed by atoms with E-state index in [-0.39, 0.29) is 6.10 Å². The molecule has 78 valence electrons. The van der Waals surface area contributed by atoms with Gasteiger partial charge in [-0.15, -0.1) is 0 Å². The van der Waals surface area contributed by atoms with Crippen molar-refractivity contribution >= 4 is 0 Å². The molecular weight excluding hydrogens is 164 g/mol. The smallest absolute Gasteiger partial charge is 0.0599 e. The number of hydrogen-bond donors (Lipinski definition) is 1. The minimum absolute atomic E-state index is 0.107. The highest BCUT2D eigenvalue weighted by molar-refractivity contribution is 4.70. The van der Waals surface area contributed by atoms with Crippen molar-refractivity contribution in [2.75, 3.05) is 6.61 Å². The van der Waals surface area contributed by atoms with Crippen LogP contribution in [0.2, 0.25) is 0 Å². The Bertz CT molecular complexity index is 125. The zero-order valence-electron chi connectivity index (χ0n) is 8.67. The van der Waals surface area contributed by atoms with E-state index < -0.39 is 0 Å². The average molecular weight is 186 g/mol. The molecule has 13 heavy (non-hydrogen) atoms. The van der Waals surface area contributed by atoms with E-state index in [1.807, 2.05) is 0 Å². The molecule has 0 radical (unpaired) electrons. The lowest BCUT2D eigenvalue weighted by molar-refractivity contribution is -0.0470. The fraction of sp³-hybridized carbons (Fsp3) is 1.00. The lowest BCUT2D eigenvalue weighted by Gasteiger charge is -2.26. The van der Waals surface area contributed by atoms with Crippen LogP contribution in [0.25, 0.3) is 0 Å². The van der Waals surface area contributed by atoms with Gasteiger partial charge in [-0.25, -0.2) is 0 Å². The van der Waals surface area contributed by atoms with Crippen LogP contribution in [0, 0.1) is 0 Å². The van der Waals surface area contributed by atoms with E-state index in [1.165, 1.54) is 25.7 Å². The molecule has 0 bridgehead atoms. The molecule has 2 unspecified atom stereocenters. The van der Waals surface area contributed by atoms with Gasteiger partial charge in [0, 0.05) is 6.61 Å². The van der Waals surface area contributed by atoms with Crippen molar-refractivity contribution in [3.63, 3.8) is 0 Å². The lowest BCUT2D eigenvalue weighted by Crippen LogP contribution is -2.28. The molecule has 1 aliphatic heterocycles. The first kappa shape index (κ1) is 11.0. The summed E-state index contributed by atoms with van der Waals surface area (Å²) in [6.45, 7) is 2.97. The molecule has 2 nitrogen and oxygen atoms in total. The molecule has 1 heterocycles. The third-order valence-electron chi connectivity index (χ3n) is 2.72. The van der Waals surface area contributed by atoms with Gasteiger partial charge in [0.1, 0.15) is 0 Å². The molecule has 1 saturated heterocycles. The van der Waals surface area contributed by atoms with Crippen LogP contribution in [-0.4, -0.2) is 23.9 Å². The lowest BCUT2D eigenvalue weighted by atomic mass is 10.0. The van der Waals surface area contributed by atoms with E-state index in [9.17, 15) is 5.11 Å². The second-order valence-electron chi connectivity index (χ2n) is 4.02. The SMILES string of the molecule is CCCCCCC1CC(O)CCO1. The summed E-state index contributed by atoms with van der Waals surface area (Å²) in [5, 5.41) is 9.40. The summed E-state index contributed by atoms with van der Waals surface area (Å²) in [5.74, 6) is 0. The summed E-state index contributed by atoms with van der Waals surface area (Å²) >= 11 is 0. The largest absolute Gasteiger partial charge is 0.393 e. The monoisotopic (exact) mass is 186 g/mol. The highest BCUT2D eigenvalue weighted by atomic mass is 16.5. The van der Waals surface area contributed by atoms with Crippen LogP contribution in [0.1, 0.15) is 51.9 Å². The predicted octanol–water partition coefficient (Wildman–Crippen LogP) is 2.50. The molecule has 2 heteroatoms. The molecule has 1 fully saturated rings. The highest BCUT2D eigenvalue weighted by Gasteiger charge is 2.19. The Morgan fingerprint density at radius 1 is 1.31 bits per heavy atom. The fourth-order valence-electron chi connectivity index (χ4n) is 1.86. The molecule has 1 aliphatic rings. The Morgan fingerprint density at radius 3 is 2.85 bits per heavy atom. The minimum atomic E-state index is -0.107. The van der Waals surface area contributed by atoms with Crippen molar-refractivity contribution in [3.05, 3.63) is 0 Å². The molecule has 1 N–H and O–H groups in total. The van der Waals surface area contributed by atoms with Gasteiger partial charge >= 0.3 is 0 Å². The van der Waals surface area contributed by atoms with Crippen molar-refractivity contribution in [3.8, 4) is 0 Å². The number of unbranched alkanes of at least 4 members (excludes halogenated alkanes) is 3. The Kier molecular flexibility index (Phi) is 5.40. The second kappa shape index (κ2) is 6.39. The van der Waals surface area contributed by atoms with Crippen LogP contribution in [0.5, 0.6) is 0 Å². The van der Waals surface area contributed by atoms with E-state index in [4.69, 9.17) is 4.74 Å². The average Bonchev–Trinajstić information content (AvgIpc) is 2.13. The first-order valence-electron chi connectivity index (χ1n) is 5.62. The maximum Gasteiger partial charge on any atom is 0.0599 e. The molecule has 0 aromatic carbocycles. The third-order valence-corrected chi connectivity index (χ3v) is 2.72. The molecular formula is C11H22O2. The summed E-state index contributed by atoms with van der Waals surface area (Å²) in [7, 11) is 0. The maximum atomic E-state index is 9.40. The minimum Gasteiger partial charge on any atom is -0.393 e. The van der Waals surface area contributed by atoms with Gasteiger partial charge in [-0.05, 0) is 19.3 Å². The van der Waals surface area contributed by atoms with Gasteiger partial charge in [-0.1, -0.05) is 32.6 Å². The number of rotatable bonds is 5. The Labute approximate surface area is 81.3 Å². The fourth-order valence-corrected chi connectivity index (χ4v) is 1.86. The van der Waals surface area contributed by atoms with E-state index in [0.717, 1.165) is 25.9 Å². The van der Waals surface area contributed by atoms with Crippen molar-refractivity contribution in [2.45, 2.75) is 64.1 Å². The van der Waals surface area contributed by atoms with Crippen LogP contribution in [0.4, 0.5) is 0 Å². The normalized spacial score (nSPS) is 29.1. The van der Waals surface area contributed by atoms with Crippen molar-refractivity contribution in [2.24, 2.45) is 0 Å². The van der Waals surface area contributed by atoms with Crippen LogP contribution >= 0.6 is 0 Å². The van der Waals surface area contributed by atoms with Crippen LogP contribution in [0.3, 0.4) is 0 Å². The zero-order chi connectivity index (χ0) is 9.52. The van der Waals surface area contributed by atoms with E-state index in [0.29, 0.717) is 6.10 Å². The maximum absolute atomic E-state index is 9.40. The Hall–Kier alpha value is -0.0800. The van der Waals surface area contributed by atoms with Gasteiger partial charge in [0.25, 0.3) is 0 Å². The summed E-state index contributed by atoms with van der Waals surface area (Å²) in [6, 6.07) is 0. The van der Waals surface area contributed by atoms with Crippen LogP contribution < -0.4 is 0 Å². The number of hydrogen-bond acceptors (Lipinski definition) is 2. The highest BCUT2D eigenvalue weighted by Crippen LogP contribution is 2.18. The van der Waals surface area contributed by atoms with Crippen molar-refractivity contribution in [1.29, 1.82) is 0 Å². The third kappa shape index (κ3) is 4.63. The molecule has 0 aromatic heterocycles. The van der Waals surface area contributed by atoms with Crippen molar-refractivity contribution in [1.82, 2.24) is 0 Å². The number of aliphatic hydroxyl groups is 1. The molecule has 0 aliphatic carbocycles. The summed E-state index contributed by atoms with van der Waals surface area (Å²) in [6.07, 6.45) is 8.22. The zero-order valence-corrected chi connectivity index (χ0v) is 8.67. The van der Waals surface area contributed by atoms with Gasteiger partial charge in [-0.3, -0.25) is 0 Å². The Morgan fingerprint density at radius 2 is 2.15 bits per heavy atom. The second-order valence-corrected chi connectivity index (χ2v) is 4.02. The van der Waals surface area contributed by atoms with Gasteiger partial charge in [0.2, 0.25) is 0 Å². The van der Waals surface area contributed by atoms with Gasteiger partial charge < -0.3 is 9.84 Å². The van der Waals surface area contributed by atoms with E-state index in [2.05, 4.69) is 6.92 Å². The summed E-state index contributed by atoms with van der Waals surface area (Å²) < 4.78 is 5.57. The van der Waals surface area contributed by atoms with E-state index in [1.54, 1.807) is 0 Å². The molecule has 0 aromatic rings. The first-order chi connectivity index (χ1) is 6.33. The van der Waals surface area contributed by atoms with Gasteiger partial charge in [0.15, 0.2) is 0 Å².